The molecule has 0 aliphatic heterocycles. The summed E-state index contributed by atoms with van der Waals surface area (Å²) >= 11 is 0. The third kappa shape index (κ3) is 4.48. The zero-order chi connectivity index (χ0) is 14.8. The molecule has 0 aromatic rings. The number of hydrogen-bond donors (Lipinski definition) is 1. The largest absolute Gasteiger partial charge is 0.480 e. The summed E-state index contributed by atoms with van der Waals surface area (Å²) < 4.78 is 0. The van der Waals surface area contributed by atoms with Crippen molar-refractivity contribution in [3.63, 3.8) is 0 Å². The molecule has 0 bridgehead atoms. The quantitative estimate of drug-likeness (QED) is 0.847. The minimum Gasteiger partial charge on any atom is -0.480 e. The number of aliphatic carboxylic acids is 1. The molecule has 1 saturated carbocycles. The van der Waals surface area contributed by atoms with Gasteiger partial charge in [-0.05, 0) is 44.9 Å². The van der Waals surface area contributed by atoms with E-state index in [2.05, 4.69) is 46.4 Å². The average Bonchev–Trinajstić information content (AvgIpc) is 2.23. The zero-order valence-electron chi connectivity index (χ0n) is 13.5. The highest BCUT2D eigenvalue weighted by Gasteiger charge is 2.41. The molecule has 1 fully saturated rings. The fraction of sp³-hybridized carbons (Fsp3) is 0.938. The summed E-state index contributed by atoms with van der Waals surface area (Å²) in [5, 5.41) is 9.23. The molecule has 19 heavy (non-hydrogen) atoms. The number of carbonyl (C=O) groups is 1. The molecule has 0 aromatic heterocycles. The maximum atomic E-state index is 11.2. The Morgan fingerprint density at radius 2 is 1.63 bits per heavy atom. The van der Waals surface area contributed by atoms with Crippen LogP contribution in [-0.4, -0.2) is 34.1 Å². The van der Waals surface area contributed by atoms with E-state index in [1.54, 1.807) is 0 Å². The summed E-state index contributed by atoms with van der Waals surface area (Å²) in [6.07, 6.45) is 4.86. The Hall–Kier alpha value is -0.570. The molecule has 1 aliphatic carbocycles. The number of hydrogen-bond acceptors (Lipinski definition) is 2. The standard InChI is InChI=1S/C16H31NO2/c1-15(2,3)12-9-7-8-10-13(12)17(11-14(18)19)16(4,5)6/h12-13H,7-11H2,1-6H3,(H,18,19). The van der Waals surface area contributed by atoms with Gasteiger partial charge in [-0.3, -0.25) is 9.69 Å². The molecule has 0 spiro atoms. The highest BCUT2D eigenvalue weighted by molar-refractivity contribution is 5.69. The predicted molar refractivity (Wildman–Crippen MR) is 79.3 cm³/mol. The Morgan fingerprint density at radius 3 is 2.05 bits per heavy atom. The van der Waals surface area contributed by atoms with Crippen LogP contribution in [0.4, 0.5) is 0 Å². The number of nitrogens with zero attached hydrogens (tertiary/aromatic N) is 1. The molecule has 2 atom stereocenters. The minimum atomic E-state index is -0.715. The lowest BCUT2D eigenvalue weighted by atomic mass is 9.68. The van der Waals surface area contributed by atoms with Gasteiger partial charge in [-0.1, -0.05) is 33.6 Å². The lowest BCUT2D eigenvalue weighted by Gasteiger charge is -2.50. The van der Waals surface area contributed by atoms with Crippen LogP contribution in [0.5, 0.6) is 0 Å². The molecule has 3 heteroatoms. The highest BCUT2D eigenvalue weighted by Crippen LogP contribution is 2.42. The molecule has 1 aliphatic rings. The maximum Gasteiger partial charge on any atom is 0.317 e. The van der Waals surface area contributed by atoms with Gasteiger partial charge in [0.25, 0.3) is 0 Å². The van der Waals surface area contributed by atoms with E-state index in [0.29, 0.717) is 12.0 Å². The van der Waals surface area contributed by atoms with Gasteiger partial charge in [0.2, 0.25) is 0 Å². The maximum absolute atomic E-state index is 11.2. The van der Waals surface area contributed by atoms with Crippen molar-refractivity contribution in [2.24, 2.45) is 11.3 Å². The molecule has 1 rings (SSSR count). The summed E-state index contributed by atoms with van der Waals surface area (Å²) in [4.78, 5) is 13.4. The third-order valence-corrected chi connectivity index (χ3v) is 4.41. The number of carboxylic acid groups (broad SMARTS) is 1. The van der Waals surface area contributed by atoms with Crippen molar-refractivity contribution in [2.75, 3.05) is 6.54 Å². The van der Waals surface area contributed by atoms with Gasteiger partial charge in [0.15, 0.2) is 0 Å². The van der Waals surface area contributed by atoms with E-state index in [1.807, 2.05) is 0 Å². The zero-order valence-corrected chi connectivity index (χ0v) is 13.5. The van der Waals surface area contributed by atoms with Gasteiger partial charge in [0.05, 0.1) is 6.54 Å². The van der Waals surface area contributed by atoms with E-state index < -0.39 is 5.97 Å². The van der Waals surface area contributed by atoms with E-state index >= 15 is 0 Å². The van der Waals surface area contributed by atoms with Crippen LogP contribution in [0.1, 0.15) is 67.2 Å². The molecule has 0 radical (unpaired) electrons. The molecule has 0 saturated heterocycles. The van der Waals surface area contributed by atoms with Crippen molar-refractivity contribution < 1.29 is 9.90 Å². The first-order valence-corrected chi connectivity index (χ1v) is 7.52. The van der Waals surface area contributed by atoms with Gasteiger partial charge in [-0.25, -0.2) is 0 Å². The van der Waals surface area contributed by atoms with Crippen LogP contribution in [0.25, 0.3) is 0 Å². The van der Waals surface area contributed by atoms with E-state index in [4.69, 9.17) is 0 Å². The summed E-state index contributed by atoms with van der Waals surface area (Å²) in [5.74, 6) is -0.131. The van der Waals surface area contributed by atoms with Gasteiger partial charge in [0, 0.05) is 11.6 Å². The predicted octanol–water partition coefficient (Wildman–Crippen LogP) is 3.78. The van der Waals surface area contributed by atoms with Crippen LogP contribution in [-0.2, 0) is 4.79 Å². The van der Waals surface area contributed by atoms with Crippen LogP contribution < -0.4 is 0 Å². The lowest BCUT2D eigenvalue weighted by molar-refractivity contribution is -0.142. The van der Waals surface area contributed by atoms with Gasteiger partial charge >= 0.3 is 5.97 Å². The van der Waals surface area contributed by atoms with Crippen LogP contribution in [0.2, 0.25) is 0 Å². The van der Waals surface area contributed by atoms with Crippen molar-refractivity contribution in [3.8, 4) is 0 Å². The second kappa shape index (κ2) is 5.82. The number of rotatable bonds is 3. The van der Waals surface area contributed by atoms with Gasteiger partial charge in [-0.2, -0.15) is 0 Å². The van der Waals surface area contributed by atoms with Gasteiger partial charge in [-0.15, -0.1) is 0 Å². The Balaban J connectivity index is 3.00. The fourth-order valence-corrected chi connectivity index (χ4v) is 3.49. The summed E-state index contributed by atoms with van der Waals surface area (Å²) in [7, 11) is 0. The first-order valence-electron chi connectivity index (χ1n) is 7.52. The lowest BCUT2D eigenvalue weighted by Crippen LogP contribution is -2.56. The van der Waals surface area contributed by atoms with Crippen LogP contribution in [0.15, 0.2) is 0 Å². The van der Waals surface area contributed by atoms with E-state index in [1.165, 1.54) is 19.3 Å². The number of carboxylic acids is 1. The fourth-order valence-electron chi connectivity index (χ4n) is 3.49. The summed E-state index contributed by atoms with van der Waals surface area (Å²) in [6.45, 7) is 13.4. The molecule has 0 heterocycles. The van der Waals surface area contributed by atoms with E-state index in [9.17, 15) is 9.90 Å². The van der Waals surface area contributed by atoms with Crippen molar-refractivity contribution in [3.05, 3.63) is 0 Å². The van der Waals surface area contributed by atoms with Gasteiger partial charge in [0.1, 0.15) is 0 Å². The molecular weight excluding hydrogens is 238 g/mol. The highest BCUT2D eigenvalue weighted by atomic mass is 16.4. The Kier molecular flexibility index (Phi) is 5.05. The van der Waals surface area contributed by atoms with Crippen molar-refractivity contribution in [1.82, 2.24) is 4.90 Å². The van der Waals surface area contributed by atoms with Crippen molar-refractivity contribution in [2.45, 2.75) is 78.8 Å². The first-order chi connectivity index (χ1) is 8.53. The Morgan fingerprint density at radius 1 is 1.11 bits per heavy atom. The van der Waals surface area contributed by atoms with E-state index in [-0.39, 0.29) is 17.5 Å². The smallest absolute Gasteiger partial charge is 0.317 e. The molecule has 1 N–H and O–H groups in total. The second-order valence-corrected chi connectivity index (χ2v) is 8.02. The molecule has 3 nitrogen and oxygen atoms in total. The first kappa shape index (κ1) is 16.5. The Labute approximate surface area is 118 Å². The Bertz CT molecular complexity index is 312. The monoisotopic (exact) mass is 269 g/mol. The van der Waals surface area contributed by atoms with Gasteiger partial charge < -0.3 is 5.11 Å². The van der Waals surface area contributed by atoms with Crippen LogP contribution in [0.3, 0.4) is 0 Å². The molecule has 0 amide bonds. The molecular formula is C16H31NO2. The molecule has 0 aromatic carbocycles. The average molecular weight is 269 g/mol. The second-order valence-electron chi connectivity index (χ2n) is 8.02. The van der Waals surface area contributed by atoms with E-state index in [0.717, 1.165) is 6.42 Å². The molecule has 112 valence electrons. The topological polar surface area (TPSA) is 40.5 Å². The third-order valence-electron chi connectivity index (χ3n) is 4.41. The van der Waals surface area contributed by atoms with Crippen molar-refractivity contribution >= 4 is 5.97 Å². The van der Waals surface area contributed by atoms with Crippen LogP contribution in [0, 0.1) is 11.3 Å². The minimum absolute atomic E-state index is 0.0934. The SMILES string of the molecule is CC(C)(C)C1CCCCC1N(CC(=O)O)C(C)(C)C. The van der Waals surface area contributed by atoms with Crippen LogP contribution >= 0.6 is 0 Å². The normalized spacial score (nSPS) is 25.6. The summed E-state index contributed by atoms with van der Waals surface area (Å²) in [6, 6.07) is 0.393. The summed E-state index contributed by atoms with van der Waals surface area (Å²) in [5.41, 5.74) is 0.150. The van der Waals surface area contributed by atoms with Crippen molar-refractivity contribution in [1.29, 1.82) is 0 Å². The molecule has 2 unspecified atom stereocenters.